The molecule has 2 heterocycles. The number of benzene rings is 1. The summed E-state index contributed by atoms with van der Waals surface area (Å²) in [5, 5.41) is 8.72. The van der Waals surface area contributed by atoms with Crippen LogP contribution in [0.2, 0.25) is 0 Å². The van der Waals surface area contributed by atoms with Crippen LogP contribution < -0.4 is 21.9 Å². The molecule has 0 amide bonds. The fraction of sp³-hybridized carbons (Fsp3) is 0.167. The molecule has 3 rings (SSSR count). The average Bonchev–Trinajstić information content (AvgIpc) is 2.96. The molecule has 2 aromatic heterocycles. The molecule has 3 aromatic rings. The maximum absolute atomic E-state index is 5.92. The molecule has 0 spiro atoms. The van der Waals surface area contributed by atoms with Gasteiger partial charge >= 0.3 is 0 Å². The molecule has 140 valence electrons. The topological polar surface area (TPSA) is 119 Å². The van der Waals surface area contributed by atoms with E-state index in [1.807, 2.05) is 39.0 Å². The molecule has 0 aliphatic carbocycles. The van der Waals surface area contributed by atoms with Crippen LogP contribution in [0.5, 0.6) is 0 Å². The van der Waals surface area contributed by atoms with E-state index in [9.17, 15) is 0 Å². The maximum Gasteiger partial charge on any atom is 0.167 e. The molecule has 1 aromatic carbocycles. The lowest BCUT2D eigenvalue weighted by Crippen LogP contribution is -2.24. The monoisotopic (exact) mass is 429 g/mol. The minimum absolute atomic E-state index is 0.566. The molecule has 0 bridgehead atoms. The summed E-state index contributed by atoms with van der Waals surface area (Å²) >= 11 is 3.52. The van der Waals surface area contributed by atoms with E-state index in [4.69, 9.17) is 16.1 Å². The quantitative estimate of drug-likeness (QED) is 0.414. The summed E-state index contributed by atoms with van der Waals surface area (Å²) in [7, 11) is 0. The summed E-state index contributed by atoms with van der Waals surface area (Å²) in [5.41, 5.74) is 9.49. The van der Waals surface area contributed by atoms with E-state index in [-0.39, 0.29) is 0 Å². The molecule has 0 aliphatic heterocycles. The lowest BCUT2D eigenvalue weighted by Gasteiger charge is -2.17. The van der Waals surface area contributed by atoms with E-state index in [1.165, 1.54) is 11.2 Å². The van der Waals surface area contributed by atoms with Crippen molar-refractivity contribution in [1.82, 2.24) is 15.1 Å². The number of nitrogens with one attached hydrogen (secondary N) is 1. The second kappa shape index (κ2) is 7.77. The Kier molecular flexibility index (Phi) is 5.43. The number of nitrogens with zero attached hydrogens (tertiary/aromatic N) is 4. The summed E-state index contributed by atoms with van der Waals surface area (Å²) in [6, 6.07) is 5.69. The maximum atomic E-state index is 5.92. The van der Waals surface area contributed by atoms with Crippen molar-refractivity contribution in [2.24, 2.45) is 11.6 Å². The van der Waals surface area contributed by atoms with Crippen LogP contribution in [-0.4, -0.2) is 15.1 Å². The van der Waals surface area contributed by atoms with Gasteiger partial charge < -0.3 is 15.6 Å². The van der Waals surface area contributed by atoms with Crippen molar-refractivity contribution >= 4 is 33.1 Å². The third kappa shape index (κ3) is 3.93. The van der Waals surface area contributed by atoms with Crippen LogP contribution in [0.3, 0.4) is 0 Å². The minimum atomic E-state index is 0.566. The highest BCUT2D eigenvalue weighted by Crippen LogP contribution is 2.31. The Morgan fingerprint density at radius 2 is 2.04 bits per heavy atom. The first-order valence-electron chi connectivity index (χ1n) is 8.16. The van der Waals surface area contributed by atoms with Crippen molar-refractivity contribution in [1.29, 1.82) is 0 Å². The molecule has 0 unspecified atom stereocenters. The van der Waals surface area contributed by atoms with Gasteiger partial charge in [-0.15, -0.1) is 0 Å². The first-order chi connectivity index (χ1) is 12.9. The molecule has 0 saturated heterocycles. The van der Waals surface area contributed by atoms with E-state index >= 15 is 0 Å². The Morgan fingerprint density at radius 1 is 1.26 bits per heavy atom. The second-order valence-corrected chi connectivity index (χ2v) is 6.82. The van der Waals surface area contributed by atoms with Gasteiger partial charge in [0, 0.05) is 34.3 Å². The molecule has 0 radical (unpaired) electrons. The zero-order valence-corrected chi connectivity index (χ0v) is 16.8. The van der Waals surface area contributed by atoms with Gasteiger partial charge in [0.15, 0.2) is 5.82 Å². The van der Waals surface area contributed by atoms with Crippen molar-refractivity contribution in [3.63, 3.8) is 0 Å². The third-order valence-corrected chi connectivity index (χ3v) is 4.60. The molecular formula is C18H20BrN7O. The van der Waals surface area contributed by atoms with E-state index in [0.717, 1.165) is 32.7 Å². The van der Waals surface area contributed by atoms with Gasteiger partial charge in [-0.1, -0.05) is 5.16 Å². The highest BCUT2D eigenvalue weighted by molar-refractivity contribution is 9.10. The Morgan fingerprint density at radius 3 is 2.67 bits per heavy atom. The average molecular weight is 430 g/mol. The van der Waals surface area contributed by atoms with Gasteiger partial charge in [-0.3, -0.25) is 5.01 Å². The van der Waals surface area contributed by atoms with Crippen LogP contribution >= 0.6 is 15.9 Å². The van der Waals surface area contributed by atoms with Crippen molar-refractivity contribution in [2.45, 2.75) is 20.8 Å². The van der Waals surface area contributed by atoms with Crippen molar-refractivity contribution in [2.75, 3.05) is 10.3 Å². The number of hydrazine groups is 1. The summed E-state index contributed by atoms with van der Waals surface area (Å²) in [6.45, 7) is 5.65. The number of halogens is 1. The first-order valence-corrected chi connectivity index (χ1v) is 8.95. The predicted octanol–water partition coefficient (Wildman–Crippen LogP) is 3.67. The minimum Gasteiger partial charge on any atom is -0.403 e. The van der Waals surface area contributed by atoms with Gasteiger partial charge in [-0.2, -0.15) is 0 Å². The molecule has 9 heteroatoms. The van der Waals surface area contributed by atoms with Gasteiger partial charge in [0.1, 0.15) is 11.6 Å². The molecular weight excluding hydrogens is 410 g/mol. The fourth-order valence-electron chi connectivity index (χ4n) is 2.60. The number of hydrogen-bond acceptors (Lipinski definition) is 8. The van der Waals surface area contributed by atoms with Gasteiger partial charge in [-0.05, 0) is 54.9 Å². The summed E-state index contributed by atoms with van der Waals surface area (Å²) in [5.74, 6) is 7.87. The smallest absolute Gasteiger partial charge is 0.167 e. The van der Waals surface area contributed by atoms with Crippen LogP contribution in [0.4, 0.5) is 17.2 Å². The molecule has 5 N–H and O–H groups in total. The highest BCUT2D eigenvalue weighted by Gasteiger charge is 2.16. The molecule has 0 fully saturated rings. The van der Waals surface area contributed by atoms with Crippen LogP contribution in [-0.2, 0) is 0 Å². The van der Waals surface area contributed by atoms with Gasteiger partial charge in [0.2, 0.25) is 0 Å². The Bertz CT molecular complexity index is 980. The van der Waals surface area contributed by atoms with E-state index in [2.05, 4.69) is 36.4 Å². The lowest BCUT2D eigenvalue weighted by molar-refractivity contribution is 0.393. The molecule has 0 atom stereocenters. The van der Waals surface area contributed by atoms with Crippen LogP contribution in [0, 0.1) is 20.8 Å². The van der Waals surface area contributed by atoms with Crippen molar-refractivity contribution < 1.29 is 4.52 Å². The van der Waals surface area contributed by atoms with E-state index < -0.39 is 0 Å². The van der Waals surface area contributed by atoms with Gasteiger partial charge in [0.25, 0.3) is 0 Å². The standard InChI is InChI=1S/C18H20BrN7O/c1-10-9-22-18(16-11(2)25-27-12(16)3)24-17(10)23-13-4-5-15(14(19)8-13)26(21)7-6-20/h4-9H,20-21H2,1-3H3,(H,22,23,24)/b7-6-. The van der Waals surface area contributed by atoms with E-state index in [1.54, 1.807) is 12.4 Å². The van der Waals surface area contributed by atoms with Gasteiger partial charge in [-0.25, -0.2) is 15.8 Å². The number of rotatable bonds is 5. The van der Waals surface area contributed by atoms with Crippen molar-refractivity contribution in [3.8, 4) is 11.4 Å². The predicted molar refractivity (Wildman–Crippen MR) is 109 cm³/mol. The normalized spacial score (nSPS) is 11.1. The summed E-state index contributed by atoms with van der Waals surface area (Å²) < 4.78 is 6.03. The Hall–Kier alpha value is -2.91. The largest absolute Gasteiger partial charge is 0.403 e. The molecule has 0 aliphatic rings. The van der Waals surface area contributed by atoms with Gasteiger partial charge in [0.05, 0.1) is 16.9 Å². The SMILES string of the molecule is Cc1cnc(-c2c(C)noc2C)nc1Nc1ccc(N(N)/C=C\N)c(Br)c1. The first kappa shape index (κ1) is 18.9. The lowest BCUT2D eigenvalue weighted by atomic mass is 10.2. The number of hydrogen-bond donors (Lipinski definition) is 3. The second-order valence-electron chi connectivity index (χ2n) is 5.96. The number of nitrogens with two attached hydrogens (primary N) is 2. The van der Waals surface area contributed by atoms with Crippen LogP contribution in [0.25, 0.3) is 11.4 Å². The Labute approximate surface area is 165 Å². The molecule has 27 heavy (non-hydrogen) atoms. The molecule has 0 saturated carbocycles. The van der Waals surface area contributed by atoms with Crippen LogP contribution in [0.1, 0.15) is 17.0 Å². The number of aryl methyl sites for hydroxylation is 3. The molecule has 8 nitrogen and oxygen atoms in total. The zero-order chi connectivity index (χ0) is 19.6. The number of anilines is 3. The Balaban J connectivity index is 1.92. The van der Waals surface area contributed by atoms with E-state index in [0.29, 0.717) is 17.4 Å². The highest BCUT2D eigenvalue weighted by atomic mass is 79.9. The third-order valence-electron chi connectivity index (χ3n) is 3.96. The van der Waals surface area contributed by atoms with Crippen LogP contribution in [0.15, 0.2) is 45.8 Å². The fourth-order valence-corrected chi connectivity index (χ4v) is 3.18. The van der Waals surface area contributed by atoms with Crippen molar-refractivity contribution in [3.05, 3.63) is 58.3 Å². The number of aromatic nitrogens is 3. The summed E-state index contributed by atoms with van der Waals surface area (Å²) in [6.07, 6.45) is 4.71. The zero-order valence-electron chi connectivity index (χ0n) is 15.2. The summed E-state index contributed by atoms with van der Waals surface area (Å²) in [4.78, 5) is 9.07.